The Morgan fingerprint density at radius 3 is 2.47 bits per heavy atom. The molecule has 1 aromatic heterocycles. The van der Waals surface area contributed by atoms with Gasteiger partial charge in [-0.25, -0.2) is 9.59 Å². The van der Waals surface area contributed by atoms with Crippen molar-refractivity contribution in [2.24, 2.45) is 0 Å². The van der Waals surface area contributed by atoms with Gasteiger partial charge in [0.25, 0.3) is 0 Å². The van der Waals surface area contributed by atoms with Gasteiger partial charge in [-0.3, -0.25) is 0 Å². The Morgan fingerprint density at radius 1 is 1.13 bits per heavy atom. The average Bonchev–Trinajstić information content (AvgIpc) is 2.62. The Hall–Kier alpha value is -1.88. The minimum Gasteiger partial charge on any atom is -0.478 e. The van der Waals surface area contributed by atoms with Gasteiger partial charge in [0.1, 0.15) is 0 Å². The van der Waals surface area contributed by atoms with Crippen molar-refractivity contribution < 1.29 is 19.8 Å². The second-order valence-electron chi connectivity index (χ2n) is 2.97. The average molecular weight is 222 g/mol. The highest BCUT2D eigenvalue weighted by atomic mass is 32.1. The minimum absolute atomic E-state index is 0.00218. The SMILES string of the molecule is O=C(O)c1cc(C(=O)O)c2ccsc2c1. The van der Waals surface area contributed by atoms with E-state index in [9.17, 15) is 9.59 Å². The molecule has 2 aromatic rings. The molecule has 4 nitrogen and oxygen atoms in total. The summed E-state index contributed by atoms with van der Waals surface area (Å²) in [5, 5.41) is 20.0. The molecular weight excluding hydrogens is 216 g/mol. The number of carboxylic acid groups (broad SMARTS) is 2. The van der Waals surface area contributed by atoms with Gasteiger partial charge < -0.3 is 10.2 Å². The number of carbonyl (C=O) groups is 2. The first-order valence-electron chi connectivity index (χ1n) is 4.07. The molecule has 76 valence electrons. The second kappa shape index (κ2) is 3.36. The topological polar surface area (TPSA) is 74.6 Å². The summed E-state index contributed by atoms with van der Waals surface area (Å²) in [7, 11) is 0. The van der Waals surface area contributed by atoms with Crippen LogP contribution < -0.4 is 0 Å². The molecule has 0 unspecified atom stereocenters. The first-order chi connectivity index (χ1) is 7.09. The molecule has 2 rings (SSSR count). The lowest BCUT2D eigenvalue weighted by molar-refractivity contribution is 0.0696. The Bertz CT molecular complexity index is 556. The summed E-state index contributed by atoms with van der Waals surface area (Å²) in [6.07, 6.45) is 0. The first kappa shape index (κ1) is 9.67. The van der Waals surface area contributed by atoms with Crippen LogP contribution in [0.2, 0.25) is 0 Å². The third kappa shape index (κ3) is 1.57. The highest BCUT2D eigenvalue weighted by molar-refractivity contribution is 7.17. The molecule has 1 heterocycles. The fraction of sp³-hybridized carbons (Fsp3) is 0. The molecule has 0 aliphatic rings. The second-order valence-corrected chi connectivity index (χ2v) is 3.91. The Labute approximate surface area is 88.4 Å². The van der Waals surface area contributed by atoms with E-state index in [4.69, 9.17) is 10.2 Å². The monoisotopic (exact) mass is 222 g/mol. The van der Waals surface area contributed by atoms with Crippen LogP contribution in [0.5, 0.6) is 0 Å². The third-order valence-electron chi connectivity index (χ3n) is 2.05. The van der Waals surface area contributed by atoms with Gasteiger partial charge >= 0.3 is 11.9 Å². The van der Waals surface area contributed by atoms with E-state index in [2.05, 4.69) is 0 Å². The molecule has 0 aliphatic heterocycles. The van der Waals surface area contributed by atoms with Crippen molar-refractivity contribution in [1.82, 2.24) is 0 Å². The van der Waals surface area contributed by atoms with E-state index < -0.39 is 11.9 Å². The van der Waals surface area contributed by atoms with Crippen molar-refractivity contribution in [2.75, 3.05) is 0 Å². The van der Waals surface area contributed by atoms with Crippen molar-refractivity contribution in [3.05, 3.63) is 34.7 Å². The van der Waals surface area contributed by atoms with Crippen LogP contribution in [0, 0.1) is 0 Å². The molecule has 5 heteroatoms. The van der Waals surface area contributed by atoms with E-state index in [0.29, 0.717) is 10.1 Å². The minimum atomic E-state index is -1.12. The summed E-state index contributed by atoms with van der Waals surface area (Å²) in [5.41, 5.74) is 0.0356. The zero-order valence-electron chi connectivity index (χ0n) is 7.43. The summed E-state index contributed by atoms with van der Waals surface area (Å²) in [6.45, 7) is 0. The highest BCUT2D eigenvalue weighted by Gasteiger charge is 2.14. The molecular formula is C10H6O4S. The molecule has 0 radical (unpaired) electrons. The van der Waals surface area contributed by atoms with E-state index in [1.807, 2.05) is 0 Å². The maximum Gasteiger partial charge on any atom is 0.336 e. The van der Waals surface area contributed by atoms with Gasteiger partial charge in [0, 0.05) is 10.1 Å². The maximum absolute atomic E-state index is 10.9. The molecule has 0 aliphatic carbocycles. The first-order valence-corrected chi connectivity index (χ1v) is 4.95. The molecule has 0 bridgehead atoms. The molecule has 0 saturated carbocycles. The van der Waals surface area contributed by atoms with Crippen LogP contribution in [0.4, 0.5) is 0 Å². The fourth-order valence-corrected chi connectivity index (χ4v) is 2.22. The van der Waals surface area contributed by atoms with Crippen LogP contribution in [0.3, 0.4) is 0 Å². The van der Waals surface area contributed by atoms with Crippen molar-refractivity contribution in [3.63, 3.8) is 0 Å². The Morgan fingerprint density at radius 2 is 1.87 bits per heavy atom. The van der Waals surface area contributed by atoms with Crippen molar-refractivity contribution in [3.8, 4) is 0 Å². The predicted molar refractivity (Wildman–Crippen MR) is 55.7 cm³/mol. The fourth-order valence-electron chi connectivity index (χ4n) is 1.37. The molecule has 0 spiro atoms. The van der Waals surface area contributed by atoms with Crippen molar-refractivity contribution >= 4 is 33.4 Å². The molecule has 2 N–H and O–H groups in total. The van der Waals surface area contributed by atoms with E-state index in [1.165, 1.54) is 23.5 Å². The van der Waals surface area contributed by atoms with Gasteiger partial charge in [-0.2, -0.15) is 0 Å². The Kier molecular flexibility index (Phi) is 2.17. The summed E-state index contributed by atoms with van der Waals surface area (Å²) in [5.74, 6) is -2.23. The van der Waals surface area contributed by atoms with Gasteiger partial charge in [-0.15, -0.1) is 11.3 Å². The predicted octanol–water partition coefficient (Wildman–Crippen LogP) is 2.30. The van der Waals surface area contributed by atoms with Crippen LogP contribution >= 0.6 is 11.3 Å². The number of benzene rings is 1. The van der Waals surface area contributed by atoms with Gasteiger partial charge in [0.15, 0.2) is 0 Å². The van der Waals surface area contributed by atoms with Crippen LogP contribution in [0.15, 0.2) is 23.6 Å². The zero-order chi connectivity index (χ0) is 11.0. The Balaban J connectivity index is 2.80. The van der Waals surface area contributed by atoms with Gasteiger partial charge in [-0.1, -0.05) is 0 Å². The number of hydrogen-bond acceptors (Lipinski definition) is 3. The molecule has 15 heavy (non-hydrogen) atoms. The number of rotatable bonds is 2. The normalized spacial score (nSPS) is 10.4. The van der Waals surface area contributed by atoms with E-state index in [-0.39, 0.29) is 11.1 Å². The van der Waals surface area contributed by atoms with Crippen LogP contribution in [0.1, 0.15) is 20.7 Å². The number of carboxylic acids is 2. The highest BCUT2D eigenvalue weighted by Crippen LogP contribution is 2.26. The largest absolute Gasteiger partial charge is 0.478 e. The number of thiophene rings is 1. The standard InChI is InChI=1S/C10H6O4S/c11-9(12)5-3-7(10(13)14)6-1-2-15-8(6)4-5/h1-4H,(H,11,12)(H,13,14). The lowest BCUT2D eigenvalue weighted by Crippen LogP contribution is -2.02. The van der Waals surface area contributed by atoms with Gasteiger partial charge in [-0.05, 0) is 23.6 Å². The smallest absolute Gasteiger partial charge is 0.336 e. The van der Waals surface area contributed by atoms with E-state index >= 15 is 0 Å². The third-order valence-corrected chi connectivity index (χ3v) is 2.91. The van der Waals surface area contributed by atoms with Crippen molar-refractivity contribution in [1.29, 1.82) is 0 Å². The summed E-state index contributed by atoms with van der Waals surface area (Å²) in [6, 6.07) is 4.34. The van der Waals surface area contributed by atoms with E-state index in [1.54, 1.807) is 11.4 Å². The molecule has 0 amide bonds. The molecule has 0 fully saturated rings. The van der Waals surface area contributed by atoms with Gasteiger partial charge in [0.05, 0.1) is 11.1 Å². The lowest BCUT2D eigenvalue weighted by atomic mass is 10.1. The van der Waals surface area contributed by atoms with E-state index in [0.717, 1.165) is 0 Å². The molecule has 1 aromatic carbocycles. The number of aromatic carboxylic acids is 2. The zero-order valence-corrected chi connectivity index (χ0v) is 8.25. The van der Waals surface area contributed by atoms with Crippen molar-refractivity contribution in [2.45, 2.75) is 0 Å². The van der Waals surface area contributed by atoms with Crippen LogP contribution in [0.25, 0.3) is 10.1 Å². The quantitative estimate of drug-likeness (QED) is 0.817. The molecule has 0 saturated heterocycles. The summed E-state index contributed by atoms with van der Waals surface area (Å²) < 4.78 is 0.673. The van der Waals surface area contributed by atoms with Crippen LogP contribution in [-0.2, 0) is 0 Å². The molecule has 0 atom stereocenters. The van der Waals surface area contributed by atoms with Crippen LogP contribution in [-0.4, -0.2) is 22.2 Å². The number of fused-ring (bicyclic) bond motifs is 1. The summed E-state index contributed by atoms with van der Waals surface area (Å²) in [4.78, 5) is 21.7. The number of hydrogen-bond donors (Lipinski definition) is 2. The summed E-state index contributed by atoms with van der Waals surface area (Å²) >= 11 is 1.32. The lowest BCUT2D eigenvalue weighted by Gasteiger charge is -2.00. The van der Waals surface area contributed by atoms with Gasteiger partial charge in [0.2, 0.25) is 0 Å². The maximum atomic E-state index is 10.9.